The number of aromatic hydroxyl groups is 1. The molecule has 0 saturated carbocycles. The third kappa shape index (κ3) is 4.06. The van der Waals surface area contributed by atoms with E-state index in [1.807, 2.05) is 0 Å². The van der Waals surface area contributed by atoms with Crippen molar-refractivity contribution >= 4 is 40.3 Å². The fraction of sp³-hybridized carbons (Fsp3) is 0.0588. The number of phenolic OH excluding ortho intramolecular Hbond substituents is 1. The summed E-state index contributed by atoms with van der Waals surface area (Å²) in [7, 11) is 1.26. The quantitative estimate of drug-likeness (QED) is 0.471. The SMILES string of the molecule is COc1cc([N+](=O)[O-])cc(/C=C2\SC(=Nc3ccc(F)cc3)NC2=O)c1O. The molecule has 10 heteroatoms. The van der Waals surface area contributed by atoms with E-state index >= 15 is 0 Å². The minimum atomic E-state index is -0.632. The predicted octanol–water partition coefficient (Wildman–Crippen LogP) is 3.34. The maximum atomic E-state index is 12.9. The van der Waals surface area contributed by atoms with Gasteiger partial charge in [-0.05, 0) is 42.1 Å². The number of hydrogen-bond donors (Lipinski definition) is 2. The van der Waals surface area contributed by atoms with E-state index in [0.717, 1.165) is 23.9 Å². The van der Waals surface area contributed by atoms with Gasteiger partial charge in [0.25, 0.3) is 11.6 Å². The number of ether oxygens (including phenoxy) is 1. The minimum absolute atomic E-state index is 0.0572. The Labute approximate surface area is 156 Å². The number of nitrogens with zero attached hydrogens (tertiary/aromatic N) is 2. The summed E-state index contributed by atoms with van der Waals surface area (Å²) in [6.07, 6.45) is 1.30. The number of carbonyl (C=O) groups is 1. The smallest absolute Gasteiger partial charge is 0.274 e. The average molecular weight is 389 g/mol. The number of rotatable bonds is 4. The number of phenols is 1. The zero-order valence-corrected chi connectivity index (χ0v) is 14.6. The molecule has 0 aliphatic carbocycles. The minimum Gasteiger partial charge on any atom is -0.504 e. The highest BCUT2D eigenvalue weighted by Gasteiger charge is 2.25. The number of hydrogen-bond acceptors (Lipinski definition) is 7. The summed E-state index contributed by atoms with van der Waals surface area (Å²) < 4.78 is 17.9. The second-order valence-electron chi connectivity index (χ2n) is 5.30. The highest BCUT2D eigenvalue weighted by molar-refractivity contribution is 8.18. The van der Waals surface area contributed by atoms with Crippen molar-refractivity contribution in [3.05, 3.63) is 62.8 Å². The summed E-state index contributed by atoms with van der Waals surface area (Å²) in [5.41, 5.74) is 0.210. The molecule has 1 heterocycles. The third-order valence-electron chi connectivity index (χ3n) is 3.51. The molecular weight excluding hydrogens is 377 g/mol. The molecule has 27 heavy (non-hydrogen) atoms. The molecule has 1 saturated heterocycles. The van der Waals surface area contributed by atoms with Crippen molar-refractivity contribution < 1.29 is 24.0 Å². The lowest BCUT2D eigenvalue weighted by Gasteiger charge is -2.06. The highest BCUT2D eigenvalue weighted by atomic mass is 32.2. The third-order valence-corrected chi connectivity index (χ3v) is 4.42. The van der Waals surface area contributed by atoms with Crippen LogP contribution in [0.2, 0.25) is 0 Å². The Morgan fingerprint density at radius 2 is 2.04 bits per heavy atom. The van der Waals surface area contributed by atoms with Crippen molar-refractivity contribution in [1.29, 1.82) is 0 Å². The van der Waals surface area contributed by atoms with Crippen molar-refractivity contribution in [2.45, 2.75) is 0 Å². The van der Waals surface area contributed by atoms with E-state index < -0.39 is 16.6 Å². The molecule has 1 amide bonds. The van der Waals surface area contributed by atoms with Crippen molar-refractivity contribution in [3.8, 4) is 11.5 Å². The Morgan fingerprint density at radius 1 is 1.33 bits per heavy atom. The number of benzene rings is 2. The molecule has 0 radical (unpaired) electrons. The largest absolute Gasteiger partial charge is 0.504 e. The molecular formula is C17H12FN3O5S. The lowest BCUT2D eigenvalue weighted by molar-refractivity contribution is -0.385. The van der Waals surface area contributed by atoms with Gasteiger partial charge in [0, 0.05) is 11.6 Å². The number of nitro benzene ring substituents is 1. The average Bonchev–Trinajstić information content (AvgIpc) is 2.97. The number of carbonyl (C=O) groups excluding carboxylic acids is 1. The van der Waals surface area contributed by atoms with Crippen LogP contribution in [-0.4, -0.2) is 28.2 Å². The molecule has 8 nitrogen and oxygen atoms in total. The number of amidine groups is 1. The Kier molecular flexibility index (Phi) is 5.08. The van der Waals surface area contributed by atoms with E-state index in [0.29, 0.717) is 5.69 Å². The molecule has 2 aromatic rings. The number of methoxy groups -OCH3 is 1. The van der Waals surface area contributed by atoms with Crippen LogP contribution in [0.4, 0.5) is 15.8 Å². The first kappa shape index (κ1) is 18.4. The lowest BCUT2D eigenvalue weighted by atomic mass is 10.1. The van der Waals surface area contributed by atoms with Gasteiger partial charge in [0.05, 0.1) is 28.7 Å². The van der Waals surface area contributed by atoms with Gasteiger partial charge in [-0.15, -0.1) is 0 Å². The van der Waals surface area contributed by atoms with Crippen LogP contribution in [-0.2, 0) is 4.79 Å². The van der Waals surface area contributed by atoms with E-state index in [1.165, 1.54) is 37.5 Å². The van der Waals surface area contributed by atoms with Gasteiger partial charge in [0.2, 0.25) is 0 Å². The first-order chi connectivity index (χ1) is 12.9. The van der Waals surface area contributed by atoms with Crippen molar-refractivity contribution in [2.24, 2.45) is 4.99 Å². The van der Waals surface area contributed by atoms with Gasteiger partial charge in [-0.3, -0.25) is 14.9 Å². The Bertz CT molecular complexity index is 989. The van der Waals surface area contributed by atoms with Gasteiger partial charge < -0.3 is 15.2 Å². The monoisotopic (exact) mass is 389 g/mol. The van der Waals surface area contributed by atoms with E-state index in [-0.39, 0.29) is 32.8 Å². The molecule has 2 N–H and O–H groups in total. The maximum absolute atomic E-state index is 12.9. The Morgan fingerprint density at radius 3 is 2.67 bits per heavy atom. The van der Waals surface area contributed by atoms with Crippen molar-refractivity contribution in [3.63, 3.8) is 0 Å². The molecule has 0 unspecified atom stereocenters. The first-order valence-electron chi connectivity index (χ1n) is 7.48. The maximum Gasteiger partial charge on any atom is 0.274 e. The van der Waals surface area contributed by atoms with Crippen LogP contribution in [0.25, 0.3) is 6.08 Å². The van der Waals surface area contributed by atoms with Gasteiger partial charge in [0.15, 0.2) is 16.7 Å². The summed E-state index contributed by atoms with van der Waals surface area (Å²) >= 11 is 0.984. The van der Waals surface area contributed by atoms with Gasteiger partial charge >= 0.3 is 0 Å². The molecule has 3 rings (SSSR count). The highest BCUT2D eigenvalue weighted by Crippen LogP contribution is 2.37. The molecule has 1 aliphatic heterocycles. The second kappa shape index (κ2) is 7.46. The molecule has 2 aromatic carbocycles. The second-order valence-corrected chi connectivity index (χ2v) is 6.33. The van der Waals surface area contributed by atoms with E-state index in [9.17, 15) is 24.4 Å². The van der Waals surface area contributed by atoms with Crippen LogP contribution in [0.1, 0.15) is 5.56 Å². The predicted molar refractivity (Wildman–Crippen MR) is 98.5 cm³/mol. The van der Waals surface area contributed by atoms with Crippen LogP contribution in [0.3, 0.4) is 0 Å². The van der Waals surface area contributed by atoms with Crippen LogP contribution >= 0.6 is 11.8 Å². The van der Waals surface area contributed by atoms with Crippen LogP contribution in [0.15, 0.2) is 46.3 Å². The van der Waals surface area contributed by atoms with Crippen LogP contribution in [0, 0.1) is 15.9 Å². The summed E-state index contributed by atoms with van der Waals surface area (Å²) in [6.45, 7) is 0. The Hall–Kier alpha value is -3.40. The van der Waals surface area contributed by atoms with Gasteiger partial charge in [-0.1, -0.05) is 0 Å². The molecule has 0 bridgehead atoms. The lowest BCUT2D eigenvalue weighted by Crippen LogP contribution is -2.19. The summed E-state index contributed by atoms with van der Waals surface area (Å²) in [4.78, 5) is 26.9. The number of non-ortho nitro benzene ring substituents is 1. The molecule has 0 spiro atoms. The summed E-state index contributed by atoms with van der Waals surface area (Å²) in [6, 6.07) is 7.60. The van der Waals surface area contributed by atoms with Crippen molar-refractivity contribution in [1.82, 2.24) is 5.32 Å². The molecule has 138 valence electrons. The first-order valence-corrected chi connectivity index (χ1v) is 8.29. The zero-order chi connectivity index (χ0) is 19.6. The number of halogens is 1. The van der Waals surface area contributed by atoms with Gasteiger partial charge in [-0.25, -0.2) is 9.38 Å². The summed E-state index contributed by atoms with van der Waals surface area (Å²) in [5, 5.41) is 24.0. The number of amides is 1. The number of thioether (sulfide) groups is 1. The zero-order valence-electron chi connectivity index (χ0n) is 13.8. The van der Waals surface area contributed by atoms with E-state index in [2.05, 4.69) is 10.3 Å². The number of nitrogens with one attached hydrogen (secondary N) is 1. The van der Waals surface area contributed by atoms with Crippen LogP contribution < -0.4 is 10.1 Å². The van der Waals surface area contributed by atoms with Gasteiger partial charge in [-0.2, -0.15) is 0 Å². The van der Waals surface area contributed by atoms with E-state index in [4.69, 9.17) is 4.74 Å². The number of aliphatic imine (C=N–C) groups is 1. The standard InChI is InChI=1S/C17H12FN3O5S/c1-26-13-8-12(21(24)25)6-9(15(13)22)7-14-16(23)20-17(27-14)19-11-4-2-10(18)3-5-11/h2-8,22H,1H3,(H,19,20,23)/b14-7-. The molecule has 1 fully saturated rings. The fourth-order valence-corrected chi connectivity index (χ4v) is 3.07. The fourth-order valence-electron chi connectivity index (χ4n) is 2.24. The van der Waals surface area contributed by atoms with Crippen molar-refractivity contribution in [2.75, 3.05) is 7.11 Å². The van der Waals surface area contributed by atoms with Crippen LogP contribution in [0.5, 0.6) is 11.5 Å². The topological polar surface area (TPSA) is 114 Å². The van der Waals surface area contributed by atoms with Gasteiger partial charge in [0.1, 0.15) is 5.82 Å². The molecule has 0 atom stereocenters. The van der Waals surface area contributed by atoms with E-state index in [1.54, 1.807) is 0 Å². The summed E-state index contributed by atoms with van der Waals surface area (Å²) in [5.74, 6) is -1.30. The Balaban J connectivity index is 1.94. The normalized spacial score (nSPS) is 16.6. The molecule has 0 aromatic heterocycles. The number of nitro groups is 1. The molecule has 1 aliphatic rings.